The molecule has 0 bridgehead atoms. The van der Waals surface area contributed by atoms with E-state index in [4.69, 9.17) is 17.1 Å². The predicted octanol–water partition coefficient (Wildman–Crippen LogP) is 3.36. The van der Waals surface area contributed by atoms with Gasteiger partial charge in [0.25, 0.3) is 0 Å². The van der Waals surface area contributed by atoms with Crippen molar-refractivity contribution in [1.82, 2.24) is 0 Å². The van der Waals surface area contributed by atoms with E-state index in [-0.39, 0.29) is 0 Å². The van der Waals surface area contributed by atoms with Crippen LogP contribution in [0.25, 0.3) is 10.4 Å². The predicted molar refractivity (Wildman–Crippen MR) is 54.4 cm³/mol. The van der Waals surface area contributed by atoms with Gasteiger partial charge in [0.1, 0.15) is 17.3 Å². The molecule has 0 unspecified atom stereocenters. The summed E-state index contributed by atoms with van der Waals surface area (Å²) in [6.07, 6.45) is 0. The number of rotatable bonds is 3. The van der Waals surface area contributed by atoms with Crippen molar-refractivity contribution in [1.29, 1.82) is 0 Å². The molecule has 0 aliphatic rings. The highest BCUT2D eigenvalue weighted by molar-refractivity contribution is 6.29. The molecule has 10 heteroatoms. The van der Waals surface area contributed by atoms with Crippen LogP contribution in [0.3, 0.4) is 0 Å². The number of hydrogen-bond acceptors (Lipinski definition) is 2. The molecule has 1 aromatic rings. The summed E-state index contributed by atoms with van der Waals surface area (Å²) < 4.78 is 53.0. The van der Waals surface area contributed by atoms with Gasteiger partial charge in [0.05, 0.1) is 0 Å². The molecular weight excluding hydrogens is 280 g/mol. The van der Waals surface area contributed by atoms with Crippen LogP contribution in [-0.4, -0.2) is 11.8 Å². The fraction of sp³-hybridized carbons (Fsp3) is 0.125. The lowest BCUT2D eigenvalue weighted by molar-refractivity contribution is -0.114. The normalized spacial score (nSPS) is 9.83. The van der Waals surface area contributed by atoms with Gasteiger partial charge in [0.15, 0.2) is 23.3 Å². The standard InChI is InChI=1S/C8H3ClF4N4O/c9-1-2(18)15-7-3(10)5(12)8(16-17-14)6(13)4(7)11/h1H2,(H,15,18). The zero-order chi connectivity index (χ0) is 13.9. The van der Waals surface area contributed by atoms with Gasteiger partial charge in [-0.05, 0) is 5.53 Å². The second kappa shape index (κ2) is 5.56. The van der Waals surface area contributed by atoms with E-state index in [2.05, 4.69) is 5.11 Å². The topological polar surface area (TPSA) is 77.9 Å². The maximum Gasteiger partial charge on any atom is 0.239 e. The molecule has 0 spiro atoms. The summed E-state index contributed by atoms with van der Waals surface area (Å²) in [6, 6.07) is 0. The molecule has 0 saturated heterocycles. The molecule has 0 atom stereocenters. The Labute approximate surface area is 102 Å². The minimum atomic E-state index is -1.92. The molecule has 0 fully saturated rings. The Morgan fingerprint density at radius 3 is 2.11 bits per heavy atom. The first kappa shape index (κ1) is 14.1. The molecule has 1 N–H and O–H groups in total. The van der Waals surface area contributed by atoms with Crippen molar-refractivity contribution >= 4 is 28.9 Å². The lowest BCUT2D eigenvalue weighted by Crippen LogP contribution is -2.16. The summed E-state index contributed by atoms with van der Waals surface area (Å²) in [5, 5.41) is 4.02. The van der Waals surface area contributed by atoms with Gasteiger partial charge in [-0.15, -0.1) is 11.6 Å². The van der Waals surface area contributed by atoms with Crippen molar-refractivity contribution in [3.63, 3.8) is 0 Å². The van der Waals surface area contributed by atoms with Crippen molar-refractivity contribution in [2.24, 2.45) is 5.11 Å². The van der Waals surface area contributed by atoms with Crippen LogP contribution >= 0.6 is 11.6 Å². The van der Waals surface area contributed by atoms with Crippen molar-refractivity contribution in [3.8, 4) is 0 Å². The highest BCUT2D eigenvalue weighted by atomic mass is 35.5. The lowest BCUT2D eigenvalue weighted by atomic mass is 10.2. The van der Waals surface area contributed by atoms with E-state index >= 15 is 0 Å². The highest BCUT2D eigenvalue weighted by Crippen LogP contribution is 2.33. The van der Waals surface area contributed by atoms with Crippen LogP contribution in [0.2, 0.25) is 0 Å². The van der Waals surface area contributed by atoms with E-state index < -0.39 is 46.4 Å². The third kappa shape index (κ3) is 2.47. The van der Waals surface area contributed by atoms with E-state index in [0.29, 0.717) is 0 Å². The van der Waals surface area contributed by atoms with Crippen LogP contribution in [0.5, 0.6) is 0 Å². The van der Waals surface area contributed by atoms with Gasteiger partial charge in [-0.3, -0.25) is 4.79 Å². The van der Waals surface area contributed by atoms with Crippen molar-refractivity contribution in [2.75, 3.05) is 11.2 Å². The quantitative estimate of drug-likeness (QED) is 0.226. The zero-order valence-electron chi connectivity index (χ0n) is 8.35. The Balaban J connectivity index is 3.47. The Bertz CT molecular complexity index is 530. The van der Waals surface area contributed by atoms with E-state index in [1.165, 1.54) is 0 Å². The van der Waals surface area contributed by atoms with Crippen LogP contribution in [0.4, 0.5) is 28.9 Å². The molecule has 0 aliphatic carbocycles. The molecule has 0 aliphatic heterocycles. The Morgan fingerprint density at radius 2 is 1.72 bits per heavy atom. The van der Waals surface area contributed by atoms with E-state index in [0.717, 1.165) is 0 Å². The van der Waals surface area contributed by atoms with Crippen LogP contribution in [-0.2, 0) is 4.79 Å². The van der Waals surface area contributed by atoms with Gasteiger partial charge >= 0.3 is 0 Å². The van der Waals surface area contributed by atoms with Gasteiger partial charge in [0, 0.05) is 4.91 Å². The minimum absolute atomic E-state index is 0.666. The summed E-state index contributed by atoms with van der Waals surface area (Å²) in [4.78, 5) is 12.8. The first-order valence-electron chi connectivity index (χ1n) is 4.20. The second-order valence-electron chi connectivity index (χ2n) is 2.85. The SMILES string of the molecule is [N-]=[N+]=Nc1c(F)c(F)c(NC(=O)CCl)c(F)c1F. The molecule has 0 heterocycles. The molecule has 1 aromatic carbocycles. The van der Waals surface area contributed by atoms with E-state index in [9.17, 15) is 22.4 Å². The summed E-state index contributed by atoms with van der Waals surface area (Å²) in [7, 11) is 0. The maximum absolute atomic E-state index is 13.3. The third-order valence-corrected chi connectivity index (χ3v) is 2.01. The summed E-state index contributed by atoms with van der Waals surface area (Å²) in [6.45, 7) is 0. The Morgan fingerprint density at radius 1 is 1.22 bits per heavy atom. The van der Waals surface area contributed by atoms with Gasteiger partial charge in [-0.1, -0.05) is 5.11 Å². The van der Waals surface area contributed by atoms with Gasteiger partial charge in [-0.25, -0.2) is 17.6 Å². The van der Waals surface area contributed by atoms with Gasteiger partial charge in [0.2, 0.25) is 5.91 Å². The smallest absolute Gasteiger partial charge is 0.239 e. The number of anilines is 1. The fourth-order valence-corrected chi connectivity index (χ4v) is 1.10. The van der Waals surface area contributed by atoms with E-state index in [1.807, 2.05) is 4.91 Å². The molecule has 1 rings (SSSR count). The number of benzene rings is 1. The molecule has 0 radical (unpaired) electrons. The Kier molecular flexibility index (Phi) is 4.35. The average Bonchev–Trinajstić information content (AvgIpc) is 2.37. The molecule has 96 valence electrons. The number of alkyl halides is 1. The second-order valence-corrected chi connectivity index (χ2v) is 3.12. The number of nitrogens with one attached hydrogen (secondary N) is 1. The number of carbonyl (C=O) groups is 1. The number of hydrogen-bond donors (Lipinski definition) is 1. The molecule has 0 saturated carbocycles. The molecule has 5 nitrogen and oxygen atoms in total. The number of azide groups is 1. The third-order valence-electron chi connectivity index (χ3n) is 1.77. The minimum Gasteiger partial charge on any atom is -0.320 e. The summed E-state index contributed by atoms with van der Waals surface area (Å²) >= 11 is 5.06. The molecule has 1 amide bonds. The van der Waals surface area contributed by atoms with Crippen molar-refractivity contribution in [2.45, 2.75) is 0 Å². The van der Waals surface area contributed by atoms with Crippen LogP contribution in [0.1, 0.15) is 0 Å². The van der Waals surface area contributed by atoms with E-state index in [1.54, 1.807) is 5.32 Å². The van der Waals surface area contributed by atoms with Gasteiger partial charge < -0.3 is 5.32 Å². The first-order chi connectivity index (χ1) is 8.43. The average molecular weight is 283 g/mol. The fourth-order valence-electron chi connectivity index (χ4n) is 1.04. The largest absolute Gasteiger partial charge is 0.320 e. The number of nitrogens with zero attached hydrogens (tertiary/aromatic N) is 3. The number of amides is 1. The number of halogens is 5. The first-order valence-corrected chi connectivity index (χ1v) is 4.74. The summed E-state index contributed by atoms with van der Waals surface area (Å²) in [5.41, 5.74) is 5.19. The maximum atomic E-state index is 13.3. The lowest BCUT2D eigenvalue weighted by Gasteiger charge is -2.09. The number of carbonyl (C=O) groups excluding carboxylic acids is 1. The van der Waals surface area contributed by atoms with Crippen LogP contribution < -0.4 is 5.32 Å². The molecular formula is C8H3ClF4N4O. The summed E-state index contributed by atoms with van der Waals surface area (Å²) in [5.74, 6) is -9.36. The van der Waals surface area contributed by atoms with Gasteiger partial charge in [-0.2, -0.15) is 0 Å². The van der Waals surface area contributed by atoms with Crippen LogP contribution in [0, 0.1) is 23.3 Å². The monoisotopic (exact) mass is 282 g/mol. The van der Waals surface area contributed by atoms with Crippen LogP contribution in [0.15, 0.2) is 5.11 Å². The molecule has 18 heavy (non-hydrogen) atoms. The highest BCUT2D eigenvalue weighted by Gasteiger charge is 2.25. The van der Waals surface area contributed by atoms with Crippen molar-refractivity contribution in [3.05, 3.63) is 33.7 Å². The molecule has 0 aromatic heterocycles. The Hall–Kier alpha value is -1.99. The zero-order valence-corrected chi connectivity index (χ0v) is 9.10. The van der Waals surface area contributed by atoms with Crippen molar-refractivity contribution < 1.29 is 22.4 Å².